The van der Waals surface area contributed by atoms with E-state index in [4.69, 9.17) is 4.42 Å². The quantitative estimate of drug-likeness (QED) is 0.641. The van der Waals surface area contributed by atoms with Crippen molar-refractivity contribution < 1.29 is 4.42 Å². The molecule has 0 radical (unpaired) electrons. The first-order valence-corrected chi connectivity index (χ1v) is 7.54. The number of halogens is 2. The van der Waals surface area contributed by atoms with Crippen LogP contribution >= 0.6 is 43.2 Å². The summed E-state index contributed by atoms with van der Waals surface area (Å²) >= 11 is 9.07. The predicted molar refractivity (Wildman–Crippen MR) is 75.7 cm³/mol. The summed E-state index contributed by atoms with van der Waals surface area (Å²) in [6.07, 6.45) is 0. The molecular weight excluding hydrogens is 352 g/mol. The SMILES string of the molecule is Cc1oc(C)c(C(Br)c2sccc2Br)c1C. The summed E-state index contributed by atoms with van der Waals surface area (Å²) in [5.41, 5.74) is 2.49. The van der Waals surface area contributed by atoms with Crippen molar-refractivity contribution in [2.45, 2.75) is 25.6 Å². The van der Waals surface area contributed by atoms with Crippen molar-refractivity contribution in [3.63, 3.8) is 0 Å². The van der Waals surface area contributed by atoms with Gasteiger partial charge in [0, 0.05) is 14.9 Å². The van der Waals surface area contributed by atoms with Crippen LogP contribution in [-0.2, 0) is 0 Å². The summed E-state index contributed by atoms with van der Waals surface area (Å²) in [7, 11) is 0. The molecule has 16 heavy (non-hydrogen) atoms. The fraction of sp³-hybridized carbons (Fsp3) is 0.333. The van der Waals surface area contributed by atoms with Crippen molar-refractivity contribution in [1.29, 1.82) is 0 Å². The molecule has 1 unspecified atom stereocenters. The van der Waals surface area contributed by atoms with E-state index in [1.54, 1.807) is 11.3 Å². The van der Waals surface area contributed by atoms with Crippen molar-refractivity contribution >= 4 is 43.2 Å². The van der Waals surface area contributed by atoms with Gasteiger partial charge in [-0.1, -0.05) is 15.9 Å². The summed E-state index contributed by atoms with van der Waals surface area (Å²) in [6.45, 7) is 6.14. The van der Waals surface area contributed by atoms with Crippen molar-refractivity contribution in [3.05, 3.63) is 43.4 Å². The van der Waals surface area contributed by atoms with E-state index >= 15 is 0 Å². The van der Waals surface area contributed by atoms with Crippen LogP contribution in [0, 0.1) is 20.8 Å². The highest BCUT2D eigenvalue weighted by Crippen LogP contribution is 2.42. The molecule has 0 aliphatic carbocycles. The van der Waals surface area contributed by atoms with Gasteiger partial charge in [-0.2, -0.15) is 0 Å². The molecule has 0 bridgehead atoms. The smallest absolute Gasteiger partial charge is 0.106 e. The van der Waals surface area contributed by atoms with E-state index in [1.165, 1.54) is 16.0 Å². The maximum Gasteiger partial charge on any atom is 0.106 e. The van der Waals surface area contributed by atoms with Crippen molar-refractivity contribution in [3.8, 4) is 0 Å². The van der Waals surface area contributed by atoms with Crippen LogP contribution in [-0.4, -0.2) is 0 Å². The highest BCUT2D eigenvalue weighted by Gasteiger charge is 2.22. The maximum absolute atomic E-state index is 5.66. The Kier molecular flexibility index (Phi) is 3.62. The van der Waals surface area contributed by atoms with Crippen LogP contribution in [0.3, 0.4) is 0 Å². The molecule has 1 atom stereocenters. The Balaban J connectivity index is 2.49. The minimum atomic E-state index is 0.208. The van der Waals surface area contributed by atoms with Crippen molar-refractivity contribution in [2.24, 2.45) is 0 Å². The fourth-order valence-electron chi connectivity index (χ4n) is 1.80. The summed E-state index contributed by atoms with van der Waals surface area (Å²) in [4.78, 5) is 1.49. The zero-order chi connectivity index (χ0) is 11.9. The first-order chi connectivity index (χ1) is 7.52. The average molecular weight is 364 g/mol. The van der Waals surface area contributed by atoms with Gasteiger partial charge in [-0.05, 0) is 53.7 Å². The van der Waals surface area contributed by atoms with Gasteiger partial charge in [0.15, 0.2) is 0 Å². The largest absolute Gasteiger partial charge is 0.466 e. The lowest BCUT2D eigenvalue weighted by Crippen LogP contribution is -1.93. The molecule has 2 heterocycles. The first-order valence-electron chi connectivity index (χ1n) is 4.95. The number of alkyl halides is 1. The number of hydrogen-bond donors (Lipinski definition) is 0. The number of thiophene rings is 1. The molecule has 0 aliphatic rings. The minimum absolute atomic E-state index is 0.208. The van der Waals surface area contributed by atoms with Gasteiger partial charge in [-0.15, -0.1) is 11.3 Å². The monoisotopic (exact) mass is 362 g/mol. The minimum Gasteiger partial charge on any atom is -0.466 e. The third-order valence-corrected chi connectivity index (χ3v) is 5.90. The number of aryl methyl sites for hydroxylation is 2. The zero-order valence-corrected chi connectivity index (χ0v) is 13.3. The zero-order valence-electron chi connectivity index (χ0n) is 9.30. The van der Waals surface area contributed by atoms with Crippen molar-refractivity contribution in [2.75, 3.05) is 0 Å². The summed E-state index contributed by atoms with van der Waals surface area (Å²) in [5.74, 6) is 2.00. The van der Waals surface area contributed by atoms with Crippen LogP contribution in [0.4, 0.5) is 0 Å². The maximum atomic E-state index is 5.66. The van der Waals surface area contributed by atoms with Gasteiger partial charge in [0.1, 0.15) is 11.5 Å². The summed E-state index contributed by atoms with van der Waals surface area (Å²) in [5, 5.41) is 2.09. The van der Waals surface area contributed by atoms with Gasteiger partial charge >= 0.3 is 0 Å². The molecule has 86 valence electrons. The molecule has 0 amide bonds. The van der Waals surface area contributed by atoms with Crippen LogP contribution in [0.25, 0.3) is 0 Å². The van der Waals surface area contributed by atoms with E-state index in [9.17, 15) is 0 Å². The lowest BCUT2D eigenvalue weighted by atomic mass is 10.1. The van der Waals surface area contributed by atoms with E-state index in [-0.39, 0.29) is 4.83 Å². The molecule has 0 aliphatic heterocycles. The van der Waals surface area contributed by atoms with Gasteiger partial charge < -0.3 is 4.42 Å². The molecule has 1 nitrogen and oxygen atoms in total. The lowest BCUT2D eigenvalue weighted by molar-refractivity contribution is 0.500. The van der Waals surface area contributed by atoms with Crippen LogP contribution in [0.15, 0.2) is 20.3 Å². The second-order valence-corrected chi connectivity index (χ2v) is 6.47. The second kappa shape index (κ2) is 4.67. The Hall–Kier alpha value is -0.0600. The van der Waals surface area contributed by atoms with E-state index in [0.29, 0.717) is 0 Å². The third kappa shape index (κ3) is 2.03. The molecule has 0 saturated heterocycles. The number of rotatable bonds is 2. The molecule has 0 aromatic carbocycles. The molecule has 0 N–H and O–H groups in total. The Morgan fingerprint density at radius 2 is 1.94 bits per heavy atom. The predicted octanol–water partition coefficient (Wildman–Crippen LogP) is 5.51. The fourth-order valence-corrected chi connectivity index (χ4v) is 4.93. The van der Waals surface area contributed by atoms with Gasteiger partial charge in [-0.25, -0.2) is 0 Å². The Morgan fingerprint density at radius 3 is 2.38 bits per heavy atom. The highest BCUT2D eigenvalue weighted by atomic mass is 79.9. The van der Waals surface area contributed by atoms with E-state index in [1.807, 2.05) is 13.8 Å². The molecule has 2 aromatic heterocycles. The van der Waals surface area contributed by atoms with E-state index in [2.05, 4.69) is 50.2 Å². The van der Waals surface area contributed by atoms with Crippen molar-refractivity contribution in [1.82, 2.24) is 0 Å². The lowest BCUT2D eigenvalue weighted by Gasteiger charge is -2.09. The Morgan fingerprint density at radius 1 is 1.25 bits per heavy atom. The molecule has 2 rings (SSSR count). The summed E-state index contributed by atoms with van der Waals surface area (Å²) < 4.78 is 6.81. The van der Waals surface area contributed by atoms with Crippen LogP contribution < -0.4 is 0 Å². The second-order valence-electron chi connectivity index (χ2n) is 3.75. The number of furan rings is 1. The molecule has 0 fully saturated rings. The summed E-state index contributed by atoms with van der Waals surface area (Å²) in [6, 6.07) is 2.08. The van der Waals surface area contributed by atoms with E-state index in [0.717, 1.165) is 16.0 Å². The van der Waals surface area contributed by atoms with Gasteiger partial charge in [-0.3, -0.25) is 0 Å². The number of hydrogen-bond acceptors (Lipinski definition) is 2. The molecule has 0 spiro atoms. The first kappa shape index (κ1) is 12.4. The van der Waals surface area contributed by atoms with Gasteiger partial charge in [0.05, 0.1) is 4.83 Å². The van der Waals surface area contributed by atoms with Gasteiger partial charge in [0.2, 0.25) is 0 Å². The standard InChI is InChI=1S/C12H12Br2OS/c1-6-7(2)15-8(3)10(6)11(14)12-9(13)4-5-16-12/h4-5,11H,1-3H3. The van der Waals surface area contributed by atoms with E-state index < -0.39 is 0 Å². The Bertz CT molecular complexity index is 513. The molecular formula is C12H12Br2OS. The van der Waals surface area contributed by atoms with Crippen LogP contribution in [0.1, 0.15) is 32.4 Å². The molecule has 0 saturated carbocycles. The highest BCUT2D eigenvalue weighted by molar-refractivity contribution is 9.11. The molecule has 4 heteroatoms. The molecule has 2 aromatic rings. The van der Waals surface area contributed by atoms with Crippen LogP contribution in [0.2, 0.25) is 0 Å². The topological polar surface area (TPSA) is 13.1 Å². The Labute approximate surface area is 116 Å². The normalized spacial score (nSPS) is 13.1. The van der Waals surface area contributed by atoms with Crippen LogP contribution in [0.5, 0.6) is 0 Å². The average Bonchev–Trinajstić information content (AvgIpc) is 2.73. The third-order valence-electron chi connectivity index (χ3n) is 2.75. The van der Waals surface area contributed by atoms with Gasteiger partial charge in [0.25, 0.3) is 0 Å².